The van der Waals surface area contributed by atoms with Gasteiger partial charge in [-0.05, 0) is 13.8 Å². The van der Waals surface area contributed by atoms with E-state index in [1.165, 1.54) is 11.3 Å². The molecule has 2 saturated heterocycles. The van der Waals surface area contributed by atoms with Gasteiger partial charge in [-0.25, -0.2) is 4.98 Å². The zero-order chi connectivity index (χ0) is 13.8. The molecule has 6 nitrogen and oxygen atoms in total. The Morgan fingerprint density at radius 1 is 1.47 bits per heavy atom. The molecule has 1 aromatic heterocycles. The molecule has 3 N–H and O–H groups in total. The van der Waals surface area contributed by atoms with Crippen LogP contribution in [0.25, 0.3) is 0 Å². The number of H-pyrrole nitrogens is 1. The molecule has 3 rings (SSSR count). The van der Waals surface area contributed by atoms with Crippen LogP contribution in [0.2, 0.25) is 0 Å². The van der Waals surface area contributed by atoms with E-state index in [1.807, 2.05) is 5.38 Å². The minimum Gasteiger partial charge on any atom is -0.462 e. The van der Waals surface area contributed by atoms with Gasteiger partial charge in [0.2, 0.25) is 0 Å². The SMILES string of the molecule is CC1CC2(CC(C)(c3csc(N)[nH+]3)OC2=O)C(=O)O1. The zero-order valence-corrected chi connectivity index (χ0v) is 11.5. The summed E-state index contributed by atoms with van der Waals surface area (Å²) in [6, 6.07) is 0. The molecule has 19 heavy (non-hydrogen) atoms. The number of hydrogen-bond acceptors (Lipinski definition) is 6. The monoisotopic (exact) mass is 283 g/mol. The van der Waals surface area contributed by atoms with Crippen LogP contribution in [0.15, 0.2) is 5.38 Å². The van der Waals surface area contributed by atoms with Crippen LogP contribution in [0.5, 0.6) is 0 Å². The molecule has 0 bridgehead atoms. The highest BCUT2D eigenvalue weighted by atomic mass is 32.1. The number of nitrogens with two attached hydrogens (primary N) is 1. The van der Waals surface area contributed by atoms with Crippen LogP contribution in [0.4, 0.5) is 5.13 Å². The summed E-state index contributed by atoms with van der Waals surface area (Å²) in [6.07, 6.45) is 0.410. The quantitative estimate of drug-likeness (QED) is 0.602. The number of rotatable bonds is 1. The predicted octanol–water partition coefficient (Wildman–Crippen LogP) is 0.628. The van der Waals surface area contributed by atoms with E-state index in [0.717, 1.165) is 0 Å². The smallest absolute Gasteiger partial charge is 0.329 e. The van der Waals surface area contributed by atoms with Gasteiger partial charge < -0.3 is 9.47 Å². The molecule has 2 aliphatic rings. The van der Waals surface area contributed by atoms with Crippen LogP contribution < -0.4 is 10.7 Å². The molecule has 0 saturated carbocycles. The number of aromatic amines is 1. The Kier molecular flexibility index (Phi) is 2.41. The van der Waals surface area contributed by atoms with Crippen molar-refractivity contribution in [1.29, 1.82) is 0 Å². The van der Waals surface area contributed by atoms with E-state index < -0.39 is 23.0 Å². The van der Waals surface area contributed by atoms with Gasteiger partial charge in [0.05, 0.1) is 0 Å². The van der Waals surface area contributed by atoms with Crippen LogP contribution in [-0.4, -0.2) is 18.0 Å². The fourth-order valence-corrected chi connectivity index (χ4v) is 3.65. The summed E-state index contributed by atoms with van der Waals surface area (Å²) in [4.78, 5) is 27.2. The number of esters is 2. The zero-order valence-electron chi connectivity index (χ0n) is 10.7. The van der Waals surface area contributed by atoms with Gasteiger partial charge in [-0.15, -0.1) is 0 Å². The Labute approximate surface area is 113 Å². The highest BCUT2D eigenvalue weighted by Crippen LogP contribution is 2.51. The van der Waals surface area contributed by atoms with E-state index in [0.29, 0.717) is 17.2 Å². The number of cyclic esters (lactones) is 2. The number of carbonyl (C=O) groups excluding carboxylic acids is 2. The van der Waals surface area contributed by atoms with Gasteiger partial charge in [0.15, 0.2) is 16.7 Å². The van der Waals surface area contributed by atoms with E-state index in [4.69, 9.17) is 15.2 Å². The normalized spacial score (nSPS) is 37.7. The maximum absolute atomic E-state index is 12.2. The second kappa shape index (κ2) is 3.69. The summed E-state index contributed by atoms with van der Waals surface area (Å²) in [5, 5.41) is 2.35. The first-order chi connectivity index (χ1) is 8.86. The summed E-state index contributed by atoms with van der Waals surface area (Å²) in [7, 11) is 0. The lowest BCUT2D eigenvalue weighted by atomic mass is 9.78. The van der Waals surface area contributed by atoms with Crippen molar-refractivity contribution in [2.24, 2.45) is 5.41 Å². The van der Waals surface area contributed by atoms with Crippen LogP contribution in [0, 0.1) is 5.41 Å². The van der Waals surface area contributed by atoms with Crippen molar-refractivity contribution in [3.63, 3.8) is 0 Å². The fraction of sp³-hybridized carbons (Fsp3) is 0.583. The average molecular weight is 283 g/mol. The maximum atomic E-state index is 12.2. The largest absolute Gasteiger partial charge is 0.462 e. The predicted molar refractivity (Wildman–Crippen MR) is 66.0 cm³/mol. The van der Waals surface area contributed by atoms with Crippen molar-refractivity contribution >= 4 is 28.4 Å². The molecule has 3 atom stereocenters. The Bertz CT molecular complexity index is 572. The number of hydrogen-bond donors (Lipinski definition) is 1. The molecule has 0 aliphatic carbocycles. The van der Waals surface area contributed by atoms with Crippen LogP contribution >= 0.6 is 11.3 Å². The van der Waals surface area contributed by atoms with Crippen LogP contribution in [0.3, 0.4) is 0 Å². The van der Waals surface area contributed by atoms with E-state index in [2.05, 4.69) is 4.98 Å². The highest BCUT2D eigenvalue weighted by Gasteiger charge is 2.65. The minimum absolute atomic E-state index is 0.251. The Morgan fingerprint density at radius 2 is 2.21 bits per heavy atom. The Hall–Kier alpha value is -1.63. The molecule has 1 aromatic rings. The first-order valence-corrected chi connectivity index (χ1v) is 6.95. The van der Waals surface area contributed by atoms with Gasteiger partial charge >= 0.3 is 17.1 Å². The molecule has 102 valence electrons. The minimum atomic E-state index is -1.15. The number of anilines is 1. The second-order valence-corrected chi connectivity index (χ2v) is 6.35. The van der Waals surface area contributed by atoms with Crippen molar-refractivity contribution in [3.8, 4) is 0 Å². The molecule has 3 unspecified atom stereocenters. The number of thiazole rings is 1. The number of carbonyl (C=O) groups is 2. The molecule has 3 heterocycles. The van der Waals surface area contributed by atoms with Crippen LogP contribution in [-0.2, 0) is 24.7 Å². The molecule has 1 spiro atoms. The Morgan fingerprint density at radius 3 is 2.74 bits per heavy atom. The first-order valence-electron chi connectivity index (χ1n) is 6.07. The van der Waals surface area contributed by atoms with Crippen LogP contribution in [0.1, 0.15) is 32.4 Å². The van der Waals surface area contributed by atoms with E-state index in [-0.39, 0.29) is 12.5 Å². The van der Waals surface area contributed by atoms with Crippen molar-refractivity contribution in [2.75, 3.05) is 5.73 Å². The lowest BCUT2D eigenvalue weighted by molar-refractivity contribution is -0.384. The third-order valence-electron chi connectivity index (χ3n) is 3.81. The average Bonchev–Trinajstić information content (AvgIpc) is 2.91. The van der Waals surface area contributed by atoms with Gasteiger partial charge in [0.25, 0.3) is 0 Å². The van der Waals surface area contributed by atoms with Crippen molar-refractivity contribution in [3.05, 3.63) is 11.1 Å². The third kappa shape index (κ3) is 1.64. The molecule has 0 amide bonds. The maximum Gasteiger partial charge on any atom is 0.329 e. The van der Waals surface area contributed by atoms with E-state index >= 15 is 0 Å². The van der Waals surface area contributed by atoms with Gasteiger partial charge in [-0.3, -0.25) is 15.3 Å². The molecule has 0 radical (unpaired) electrons. The molecule has 0 aromatic carbocycles. The number of nitrogens with one attached hydrogen (secondary N) is 1. The van der Waals surface area contributed by atoms with Gasteiger partial charge in [-0.2, -0.15) is 0 Å². The summed E-state index contributed by atoms with van der Waals surface area (Å²) < 4.78 is 10.6. The second-order valence-electron chi connectivity index (χ2n) is 5.44. The highest BCUT2D eigenvalue weighted by molar-refractivity contribution is 7.13. The molecule has 2 aliphatic heterocycles. The summed E-state index contributed by atoms with van der Waals surface area (Å²) in [5.41, 5.74) is 4.37. The first kappa shape index (κ1) is 12.4. The van der Waals surface area contributed by atoms with E-state index in [9.17, 15) is 9.59 Å². The number of ether oxygens (including phenoxy) is 2. The summed E-state index contributed by atoms with van der Waals surface area (Å²) in [5.74, 6) is -0.973. The molecule has 2 fully saturated rings. The topological polar surface area (TPSA) is 92.8 Å². The van der Waals surface area contributed by atoms with Crippen molar-refractivity contribution in [1.82, 2.24) is 0 Å². The van der Waals surface area contributed by atoms with Gasteiger partial charge in [0, 0.05) is 18.2 Å². The van der Waals surface area contributed by atoms with Gasteiger partial charge in [0.1, 0.15) is 6.10 Å². The van der Waals surface area contributed by atoms with Crippen molar-refractivity contribution in [2.45, 2.75) is 38.4 Å². The molecule has 7 heteroatoms. The lowest BCUT2D eigenvalue weighted by Gasteiger charge is -2.18. The summed E-state index contributed by atoms with van der Waals surface area (Å²) in [6.45, 7) is 3.57. The molecular weight excluding hydrogens is 268 g/mol. The van der Waals surface area contributed by atoms with Gasteiger partial charge in [-0.1, -0.05) is 11.3 Å². The standard InChI is InChI=1S/C12H14N2O4S/c1-6-3-12(8(15)17-6)5-11(2,18-9(12)16)7-4-19-10(13)14-7/h4,6H,3,5H2,1-2H3,(H2,13,14)/p+1. The Balaban J connectivity index is 1.98. The lowest BCUT2D eigenvalue weighted by Crippen LogP contribution is -2.32. The number of nitrogen functional groups attached to an aromatic ring is 1. The summed E-state index contributed by atoms with van der Waals surface area (Å²) >= 11 is 1.34. The number of aromatic nitrogens is 1. The van der Waals surface area contributed by atoms with E-state index in [1.54, 1.807) is 13.8 Å². The van der Waals surface area contributed by atoms with Crippen molar-refractivity contribution < 1.29 is 24.0 Å². The third-order valence-corrected chi connectivity index (χ3v) is 4.52. The molecular formula is C12H15N2O4S+. The fourth-order valence-electron chi connectivity index (χ4n) is 2.93.